The average molecular weight is 422 g/mol. The highest BCUT2D eigenvalue weighted by atomic mass is 35.5. The van der Waals surface area contributed by atoms with Gasteiger partial charge in [-0.15, -0.1) is 12.4 Å². The fourth-order valence-electron chi connectivity index (χ4n) is 3.51. The van der Waals surface area contributed by atoms with Crippen LogP contribution in [0.25, 0.3) is 16.6 Å². The van der Waals surface area contributed by atoms with Crippen LogP contribution in [-0.2, 0) is 4.79 Å². The zero-order valence-corrected chi connectivity index (χ0v) is 16.7. The summed E-state index contributed by atoms with van der Waals surface area (Å²) in [4.78, 5) is 12.9. The van der Waals surface area contributed by atoms with Crippen molar-refractivity contribution in [2.45, 2.75) is 18.9 Å². The Bertz CT molecular complexity index is 959. The summed E-state index contributed by atoms with van der Waals surface area (Å²) in [6.45, 7) is 1.36. The SMILES string of the molecule is Cl.O=C(O)CN1CCC[C@@H]1COc1ccc(-n2nc3ccccc3c2Cl)cc1. The molecule has 1 atom stereocenters. The predicted octanol–water partition coefficient (Wildman–Crippen LogP) is 4.03. The first-order valence-electron chi connectivity index (χ1n) is 8.94. The van der Waals surface area contributed by atoms with Crippen molar-refractivity contribution in [3.8, 4) is 11.4 Å². The van der Waals surface area contributed by atoms with Crippen molar-refractivity contribution in [1.29, 1.82) is 0 Å². The molecule has 6 nitrogen and oxygen atoms in total. The third kappa shape index (κ3) is 4.24. The minimum Gasteiger partial charge on any atom is -0.492 e. The van der Waals surface area contributed by atoms with Crippen LogP contribution in [0.2, 0.25) is 5.15 Å². The number of hydrogen-bond donors (Lipinski definition) is 1. The number of carboxylic acids is 1. The van der Waals surface area contributed by atoms with Gasteiger partial charge < -0.3 is 9.84 Å². The van der Waals surface area contributed by atoms with Crippen LogP contribution in [0.15, 0.2) is 48.5 Å². The first-order chi connectivity index (χ1) is 13.1. The molecule has 1 fully saturated rings. The van der Waals surface area contributed by atoms with Gasteiger partial charge in [0.2, 0.25) is 0 Å². The number of aliphatic carboxylic acids is 1. The number of hydrogen-bond acceptors (Lipinski definition) is 4. The third-order valence-electron chi connectivity index (χ3n) is 4.88. The Kier molecular flexibility index (Phi) is 6.44. The van der Waals surface area contributed by atoms with Crippen molar-refractivity contribution < 1.29 is 14.6 Å². The number of carbonyl (C=O) groups is 1. The molecule has 1 saturated heterocycles. The average Bonchev–Trinajstić information content (AvgIpc) is 3.24. The van der Waals surface area contributed by atoms with E-state index in [-0.39, 0.29) is 25.0 Å². The number of rotatable bonds is 6. The van der Waals surface area contributed by atoms with Gasteiger partial charge in [0, 0.05) is 11.4 Å². The Morgan fingerprint density at radius 3 is 2.68 bits per heavy atom. The number of nitrogens with zero attached hydrogens (tertiary/aromatic N) is 3. The summed E-state index contributed by atoms with van der Waals surface area (Å²) in [5, 5.41) is 15.0. The maximum Gasteiger partial charge on any atom is 0.317 e. The first-order valence-corrected chi connectivity index (χ1v) is 9.32. The smallest absolute Gasteiger partial charge is 0.317 e. The van der Waals surface area contributed by atoms with E-state index in [0.717, 1.165) is 41.7 Å². The standard InChI is InChI=1S/C20H20ClN3O3.ClH/c21-20-17-5-1-2-6-18(17)22-24(20)14-7-9-16(10-8-14)27-13-15-4-3-11-23(15)12-19(25)26;/h1-2,5-10,15H,3-4,11-13H2,(H,25,26);1H/t15-;/m1./s1. The van der Waals surface area contributed by atoms with Gasteiger partial charge >= 0.3 is 5.97 Å². The fraction of sp³-hybridized carbons (Fsp3) is 0.300. The fourth-order valence-corrected chi connectivity index (χ4v) is 3.81. The van der Waals surface area contributed by atoms with E-state index in [0.29, 0.717) is 11.8 Å². The number of ether oxygens (including phenoxy) is 1. The third-order valence-corrected chi connectivity index (χ3v) is 5.24. The lowest BCUT2D eigenvalue weighted by molar-refractivity contribution is -0.138. The molecule has 0 saturated carbocycles. The Morgan fingerprint density at radius 2 is 1.96 bits per heavy atom. The van der Waals surface area contributed by atoms with E-state index in [2.05, 4.69) is 5.10 Å². The molecule has 1 aromatic heterocycles. The second-order valence-electron chi connectivity index (χ2n) is 6.68. The summed E-state index contributed by atoms with van der Waals surface area (Å²) in [6.07, 6.45) is 1.96. The van der Waals surface area contributed by atoms with E-state index in [1.807, 2.05) is 53.4 Å². The minimum absolute atomic E-state index is 0. The number of aromatic nitrogens is 2. The number of carboxylic acid groups (broad SMARTS) is 1. The molecule has 0 spiro atoms. The molecule has 1 N–H and O–H groups in total. The van der Waals surface area contributed by atoms with Gasteiger partial charge in [-0.05, 0) is 55.8 Å². The maximum absolute atomic E-state index is 10.9. The van der Waals surface area contributed by atoms with Gasteiger partial charge in [-0.3, -0.25) is 9.69 Å². The molecule has 0 amide bonds. The Labute approximate surface area is 174 Å². The molecule has 2 heterocycles. The van der Waals surface area contributed by atoms with E-state index < -0.39 is 5.97 Å². The summed E-state index contributed by atoms with van der Waals surface area (Å²) in [6, 6.07) is 15.5. The molecule has 2 aromatic carbocycles. The second kappa shape index (κ2) is 8.82. The lowest BCUT2D eigenvalue weighted by atomic mass is 10.2. The molecule has 28 heavy (non-hydrogen) atoms. The highest BCUT2D eigenvalue weighted by Crippen LogP contribution is 2.27. The number of halogens is 2. The molecule has 3 aromatic rings. The van der Waals surface area contributed by atoms with E-state index in [9.17, 15) is 4.79 Å². The van der Waals surface area contributed by atoms with Crippen LogP contribution in [0, 0.1) is 0 Å². The lowest BCUT2D eigenvalue weighted by Crippen LogP contribution is -2.37. The summed E-state index contributed by atoms with van der Waals surface area (Å²) < 4.78 is 7.59. The molecule has 4 rings (SSSR count). The van der Waals surface area contributed by atoms with Crippen LogP contribution in [-0.4, -0.2) is 51.5 Å². The zero-order valence-electron chi connectivity index (χ0n) is 15.1. The van der Waals surface area contributed by atoms with Gasteiger partial charge in [0.05, 0.1) is 17.7 Å². The van der Waals surface area contributed by atoms with Crippen molar-refractivity contribution in [3.63, 3.8) is 0 Å². The summed E-state index contributed by atoms with van der Waals surface area (Å²) in [5.74, 6) is -0.0523. The molecule has 0 radical (unpaired) electrons. The second-order valence-corrected chi connectivity index (χ2v) is 7.04. The zero-order chi connectivity index (χ0) is 18.8. The Morgan fingerprint density at radius 1 is 1.21 bits per heavy atom. The van der Waals surface area contributed by atoms with Gasteiger partial charge in [-0.2, -0.15) is 5.10 Å². The predicted molar refractivity (Wildman–Crippen MR) is 111 cm³/mol. The van der Waals surface area contributed by atoms with Crippen molar-refractivity contribution in [1.82, 2.24) is 14.7 Å². The Hall–Kier alpha value is -2.28. The van der Waals surface area contributed by atoms with E-state index in [1.54, 1.807) is 4.68 Å². The highest BCUT2D eigenvalue weighted by Gasteiger charge is 2.26. The molecular formula is C20H21Cl2N3O3. The summed E-state index contributed by atoms with van der Waals surface area (Å²) in [5.41, 5.74) is 1.71. The topological polar surface area (TPSA) is 67.6 Å². The number of benzene rings is 2. The normalized spacial score (nSPS) is 16.8. The molecule has 0 unspecified atom stereocenters. The molecular weight excluding hydrogens is 401 g/mol. The van der Waals surface area contributed by atoms with Gasteiger partial charge in [0.25, 0.3) is 0 Å². The van der Waals surface area contributed by atoms with Crippen LogP contribution < -0.4 is 4.74 Å². The Balaban J connectivity index is 0.00000225. The van der Waals surface area contributed by atoms with Crippen molar-refractivity contribution in [2.24, 2.45) is 0 Å². The first kappa shape index (κ1) is 20.5. The van der Waals surface area contributed by atoms with Crippen LogP contribution >= 0.6 is 24.0 Å². The maximum atomic E-state index is 10.9. The quantitative estimate of drug-likeness (QED) is 0.650. The van der Waals surface area contributed by atoms with E-state index >= 15 is 0 Å². The van der Waals surface area contributed by atoms with Gasteiger partial charge in [-0.25, -0.2) is 4.68 Å². The largest absolute Gasteiger partial charge is 0.492 e. The van der Waals surface area contributed by atoms with Crippen LogP contribution in [0.4, 0.5) is 0 Å². The highest BCUT2D eigenvalue weighted by molar-refractivity contribution is 6.34. The van der Waals surface area contributed by atoms with E-state index in [4.69, 9.17) is 21.4 Å². The van der Waals surface area contributed by atoms with Crippen LogP contribution in [0.1, 0.15) is 12.8 Å². The molecule has 0 bridgehead atoms. The number of likely N-dealkylation sites (tertiary alicyclic amines) is 1. The lowest BCUT2D eigenvalue weighted by Gasteiger charge is -2.22. The molecule has 0 aliphatic carbocycles. The molecule has 1 aliphatic rings. The minimum atomic E-state index is -0.797. The summed E-state index contributed by atoms with van der Waals surface area (Å²) >= 11 is 6.45. The molecule has 8 heteroatoms. The van der Waals surface area contributed by atoms with Crippen molar-refractivity contribution >= 4 is 40.9 Å². The van der Waals surface area contributed by atoms with Crippen LogP contribution in [0.5, 0.6) is 5.75 Å². The van der Waals surface area contributed by atoms with Crippen molar-refractivity contribution in [3.05, 3.63) is 53.7 Å². The van der Waals surface area contributed by atoms with Gasteiger partial charge in [0.1, 0.15) is 17.5 Å². The van der Waals surface area contributed by atoms with E-state index in [1.165, 1.54) is 0 Å². The summed E-state index contributed by atoms with van der Waals surface area (Å²) in [7, 11) is 0. The van der Waals surface area contributed by atoms with Crippen molar-refractivity contribution in [2.75, 3.05) is 19.7 Å². The number of fused-ring (bicyclic) bond motifs is 1. The van der Waals surface area contributed by atoms with Crippen LogP contribution in [0.3, 0.4) is 0 Å². The molecule has 1 aliphatic heterocycles. The monoisotopic (exact) mass is 421 g/mol. The van der Waals surface area contributed by atoms with Gasteiger partial charge in [0.15, 0.2) is 0 Å². The molecule has 148 valence electrons. The van der Waals surface area contributed by atoms with Gasteiger partial charge in [-0.1, -0.05) is 23.7 Å².